The summed E-state index contributed by atoms with van der Waals surface area (Å²) >= 11 is 6.08. The lowest BCUT2D eigenvalue weighted by Crippen LogP contribution is -2.27. The number of likely N-dealkylation sites (N-methyl/N-ethyl adjacent to an activating group) is 1. The van der Waals surface area contributed by atoms with Crippen LogP contribution >= 0.6 is 24.0 Å². The Morgan fingerprint density at radius 3 is 2.62 bits per heavy atom. The third-order valence-electron chi connectivity index (χ3n) is 3.15. The molecule has 122 valence electrons. The van der Waals surface area contributed by atoms with Gasteiger partial charge in [-0.2, -0.15) is 0 Å². The summed E-state index contributed by atoms with van der Waals surface area (Å²) in [5.74, 6) is 0.923. The SMILES string of the molecule is CCc1cc(OCCCCNCCN(C)C)ccc1Cl.Cl. The highest BCUT2D eigenvalue weighted by atomic mass is 35.5. The van der Waals surface area contributed by atoms with Crippen LogP contribution < -0.4 is 10.1 Å². The van der Waals surface area contributed by atoms with Gasteiger partial charge in [0, 0.05) is 18.1 Å². The fraction of sp³-hybridized carbons (Fsp3) is 0.625. The third-order valence-corrected chi connectivity index (χ3v) is 3.52. The number of hydrogen-bond donors (Lipinski definition) is 1. The van der Waals surface area contributed by atoms with Crippen molar-refractivity contribution in [3.8, 4) is 5.75 Å². The van der Waals surface area contributed by atoms with E-state index in [1.54, 1.807) is 0 Å². The van der Waals surface area contributed by atoms with Gasteiger partial charge >= 0.3 is 0 Å². The molecule has 0 unspecified atom stereocenters. The molecule has 0 heterocycles. The van der Waals surface area contributed by atoms with Gasteiger partial charge in [0.15, 0.2) is 0 Å². The van der Waals surface area contributed by atoms with Crippen LogP contribution in [0.25, 0.3) is 0 Å². The Kier molecular flexibility index (Phi) is 11.8. The van der Waals surface area contributed by atoms with Crippen LogP contribution in [0, 0.1) is 0 Å². The smallest absolute Gasteiger partial charge is 0.119 e. The van der Waals surface area contributed by atoms with E-state index in [9.17, 15) is 0 Å². The fourth-order valence-electron chi connectivity index (χ4n) is 1.88. The standard InChI is InChI=1S/C16H27ClN2O.ClH/c1-4-14-13-15(7-8-16(14)17)20-12-6-5-9-18-10-11-19(2)3;/h7-8,13,18H,4-6,9-12H2,1-3H3;1H. The molecule has 0 spiro atoms. The van der Waals surface area contributed by atoms with Crippen molar-refractivity contribution in [3.05, 3.63) is 28.8 Å². The van der Waals surface area contributed by atoms with Gasteiger partial charge in [0.05, 0.1) is 6.61 Å². The number of nitrogens with zero attached hydrogens (tertiary/aromatic N) is 1. The number of halogens is 2. The second-order valence-electron chi connectivity index (χ2n) is 5.22. The van der Waals surface area contributed by atoms with Crippen LogP contribution in [0.3, 0.4) is 0 Å². The Hall–Kier alpha value is -0.480. The predicted molar refractivity (Wildman–Crippen MR) is 94.2 cm³/mol. The molecule has 3 nitrogen and oxygen atoms in total. The fourth-order valence-corrected chi connectivity index (χ4v) is 2.13. The van der Waals surface area contributed by atoms with Crippen LogP contribution in [0.1, 0.15) is 25.3 Å². The zero-order valence-corrected chi connectivity index (χ0v) is 14.9. The Bertz CT molecular complexity index is 387. The first-order valence-electron chi connectivity index (χ1n) is 7.40. The normalized spacial score (nSPS) is 10.5. The Balaban J connectivity index is 0.00000400. The summed E-state index contributed by atoms with van der Waals surface area (Å²) in [5.41, 5.74) is 1.15. The summed E-state index contributed by atoms with van der Waals surface area (Å²) < 4.78 is 5.75. The molecule has 1 N–H and O–H groups in total. The topological polar surface area (TPSA) is 24.5 Å². The summed E-state index contributed by atoms with van der Waals surface area (Å²) in [7, 11) is 4.18. The van der Waals surface area contributed by atoms with Gasteiger partial charge in [-0.25, -0.2) is 0 Å². The first-order chi connectivity index (χ1) is 9.63. The molecule has 21 heavy (non-hydrogen) atoms. The monoisotopic (exact) mass is 334 g/mol. The Labute approximate surface area is 140 Å². The zero-order chi connectivity index (χ0) is 14.8. The van der Waals surface area contributed by atoms with Gasteiger partial charge in [-0.3, -0.25) is 0 Å². The van der Waals surface area contributed by atoms with E-state index in [0.717, 1.165) is 61.8 Å². The maximum Gasteiger partial charge on any atom is 0.119 e. The van der Waals surface area contributed by atoms with Gasteiger partial charge in [0.1, 0.15) is 5.75 Å². The molecule has 0 atom stereocenters. The lowest BCUT2D eigenvalue weighted by atomic mass is 10.1. The van der Waals surface area contributed by atoms with Crippen LogP contribution in [0.2, 0.25) is 5.02 Å². The number of hydrogen-bond acceptors (Lipinski definition) is 3. The lowest BCUT2D eigenvalue weighted by molar-refractivity contribution is 0.304. The van der Waals surface area contributed by atoms with Crippen molar-refractivity contribution in [1.29, 1.82) is 0 Å². The quantitative estimate of drug-likeness (QED) is 0.661. The largest absolute Gasteiger partial charge is 0.494 e. The molecule has 1 aromatic rings. The number of aryl methyl sites for hydroxylation is 1. The van der Waals surface area contributed by atoms with E-state index >= 15 is 0 Å². The van der Waals surface area contributed by atoms with Gasteiger partial charge < -0.3 is 15.0 Å². The molecule has 5 heteroatoms. The molecule has 0 fully saturated rings. The van der Waals surface area contributed by atoms with Crippen molar-refractivity contribution in [2.45, 2.75) is 26.2 Å². The first-order valence-corrected chi connectivity index (χ1v) is 7.78. The first kappa shape index (κ1) is 20.5. The maximum absolute atomic E-state index is 6.08. The molecule has 1 rings (SSSR count). The molecular weight excluding hydrogens is 307 g/mol. The molecule has 0 radical (unpaired) electrons. The van der Waals surface area contributed by atoms with Gasteiger partial charge in [-0.1, -0.05) is 18.5 Å². The zero-order valence-electron chi connectivity index (χ0n) is 13.3. The third kappa shape index (κ3) is 9.20. The molecule has 0 aliphatic rings. The molecule has 0 aliphatic carbocycles. The summed E-state index contributed by atoms with van der Waals surface area (Å²) in [6.07, 6.45) is 3.15. The van der Waals surface area contributed by atoms with E-state index in [0.29, 0.717) is 0 Å². The van der Waals surface area contributed by atoms with Crippen molar-refractivity contribution >= 4 is 24.0 Å². The molecular formula is C16H28Cl2N2O. The lowest BCUT2D eigenvalue weighted by Gasteiger charge is -2.11. The average molecular weight is 335 g/mol. The maximum atomic E-state index is 6.08. The number of unbranched alkanes of at least 4 members (excludes halogenated alkanes) is 1. The van der Waals surface area contributed by atoms with E-state index < -0.39 is 0 Å². The highest BCUT2D eigenvalue weighted by molar-refractivity contribution is 6.31. The van der Waals surface area contributed by atoms with Crippen molar-refractivity contribution in [2.24, 2.45) is 0 Å². The van der Waals surface area contributed by atoms with Crippen molar-refractivity contribution in [1.82, 2.24) is 10.2 Å². The van der Waals surface area contributed by atoms with E-state index in [1.807, 2.05) is 18.2 Å². The summed E-state index contributed by atoms with van der Waals surface area (Å²) in [6.45, 7) is 6.05. The molecule has 0 saturated heterocycles. The van der Waals surface area contributed by atoms with Gasteiger partial charge in [-0.05, 0) is 63.7 Å². The van der Waals surface area contributed by atoms with E-state index in [1.165, 1.54) is 0 Å². The second kappa shape index (κ2) is 12.1. The summed E-state index contributed by atoms with van der Waals surface area (Å²) in [4.78, 5) is 2.18. The minimum atomic E-state index is 0. The van der Waals surface area contributed by atoms with Crippen molar-refractivity contribution in [2.75, 3.05) is 40.3 Å². The Morgan fingerprint density at radius 1 is 1.19 bits per heavy atom. The van der Waals surface area contributed by atoms with Crippen molar-refractivity contribution < 1.29 is 4.74 Å². The van der Waals surface area contributed by atoms with Crippen LogP contribution in [0.15, 0.2) is 18.2 Å². The minimum Gasteiger partial charge on any atom is -0.494 e. The molecule has 0 aliphatic heterocycles. The number of benzene rings is 1. The second-order valence-corrected chi connectivity index (χ2v) is 5.62. The van der Waals surface area contributed by atoms with Crippen molar-refractivity contribution in [3.63, 3.8) is 0 Å². The summed E-state index contributed by atoms with van der Waals surface area (Å²) in [6, 6.07) is 5.90. The van der Waals surface area contributed by atoms with Crippen LogP contribution in [-0.4, -0.2) is 45.2 Å². The Morgan fingerprint density at radius 2 is 1.95 bits per heavy atom. The number of nitrogens with one attached hydrogen (secondary N) is 1. The average Bonchev–Trinajstić information content (AvgIpc) is 2.43. The molecule has 0 aromatic heterocycles. The van der Waals surface area contributed by atoms with Gasteiger partial charge in [0.25, 0.3) is 0 Å². The van der Waals surface area contributed by atoms with Crippen LogP contribution in [-0.2, 0) is 6.42 Å². The summed E-state index contributed by atoms with van der Waals surface area (Å²) in [5, 5.41) is 4.25. The minimum absolute atomic E-state index is 0. The van der Waals surface area contributed by atoms with Gasteiger partial charge in [-0.15, -0.1) is 12.4 Å². The molecule has 0 saturated carbocycles. The molecule has 0 bridgehead atoms. The van der Waals surface area contributed by atoms with Gasteiger partial charge in [0.2, 0.25) is 0 Å². The predicted octanol–water partition coefficient (Wildman–Crippen LogP) is 3.63. The number of ether oxygens (including phenoxy) is 1. The van der Waals surface area contributed by atoms with E-state index in [2.05, 4.69) is 31.2 Å². The molecule has 0 amide bonds. The molecule has 1 aromatic carbocycles. The number of rotatable bonds is 10. The highest BCUT2D eigenvalue weighted by Gasteiger charge is 2.01. The highest BCUT2D eigenvalue weighted by Crippen LogP contribution is 2.22. The van der Waals surface area contributed by atoms with E-state index in [4.69, 9.17) is 16.3 Å². The van der Waals surface area contributed by atoms with Crippen LogP contribution in [0.5, 0.6) is 5.75 Å². The van der Waals surface area contributed by atoms with Crippen LogP contribution in [0.4, 0.5) is 0 Å². The van der Waals surface area contributed by atoms with E-state index in [-0.39, 0.29) is 12.4 Å².